The Morgan fingerprint density at radius 1 is 0.743 bits per heavy atom. The number of carbonyl (C=O) groups excluding carboxylic acids is 4. The summed E-state index contributed by atoms with van der Waals surface area (Å²) in [6, 6.07) is 17.8. The molecule has 1 N–H and O–H groups in total. The van der Waals surface area contributed by atoms with Crippen molar-refractivity contribution in [1.29, 1.82) is 0 Å². The first-order valence-corrected chi connectivity index (χ1v) is 10.9. The molecule has 0 saturated heterocycles. The Labute approximate surface area is 201 Å². The predicted octanol–water partition coefficient (Wildman–Crippen LogP) is 3.81. The summed E-state index contributed by atoms with van der Waals surface area (Å²) < 4.78 is 15.9. The van der Waals surface area contributed by atoms with Crippen LogP contribution in [0.15, 0.2) is 66.7 Å². The number of hydrogen-bond acceptors (Lipinski definition) is 7. The van der Waals surface area contributed by atoms with E-state index in [1.165, 1.54) is 32.0 Å². The number of methoxy groups -OCH3 is 1. The van der Waals surface area contributed by atoms with E-state index in [0.717, 1.165) is 0 Å². The quantitative estimate of drug-likeness (QED) is 0.407. The highest BCUT2D eigenvalue weighted by Gasteiger charge is 2.30. The second kappa shape index (κ2) is 9.80. The fourth-order valence-electron chi connectivity index (χ4n) is 3.65. The highest BCUT2D eigenvalue weighted by Crippen LogP contribution is 2.29. The number of nitrogens with one attached hydrogen (secondary N) is 1. The van der Waals surface area contributed by atoms with Crippen molar-refractivity contribution in [2.24, 2.45) is 0 Å². The van der Waals surface area contributed by atoms with Crippen molar-refractivity contribution >= 4 is 29.1 Å². The van der Waals surface area contributed by atoms with Crippen LogP contribution in [0.4, 0.5) is 5.69 Å². The molecule has 0 radical (unpaired) electrons. The molecule has 0 fully saturated rings. The molecule has 0 aromatic heterocycles. The third kappa shape index (κ3) is 4.91. The summed E-state index contributed by atoms with van der Waals surface area (Å²) in [5.41, 5.74) is 1.46. The number of ether oxygens (including phenoxy) is 3. The van der Waals surface area contributed by atoms with Crippen molar-refractivity contribution in [2.75, 3.05) is 12.4 Å². The molecular weight excluding hydrogens is 450 g/mol. The average Bonchev–Trinajstić information content (AvgIpc) is 2.87. The zero-order valence-electron chi connectivity index (χ0n) is 19.4. The van der Waals surface area contributed by atoms with E-state index >= 15 is 0 Å². The minimum Gasteiger partial charge on any atom is -0.497 e. The lowest BCUT2D eigenvalue weighted by Gasteiger charge is -2.20. The molecule has 8 nitrogen and oxygen atoms in total. The van der Waals surface area contributed by atoms with Gasteiger partial charge in [-0.1, -0.05) is 24.3 Å². The summed E-state index contributed by atoms with van der Waals surface area (Å²) in [5.74, 6) is -0.759. The normalized spacial score (nSPS) is 13.7. The van der Waals surface area contributed by atoms with E-state index < -0.39 is 24.1 Å². The highest BCUT2D eigenvalue weighted by molar-refractivity contribution is 6.28. The lowest BCUT2D eigenvalue weighted by molar-refractivity contribution is -0.159. The van der Waals surface area contributed by atoms with Crippen molar-refractivity contribution in [3.8, 4) is 11.5 Å². The first kappa shape index (κ1) is 23.7. The molecule has 35 heavy (non-hydrogen) atoms. The Balaban J connectivity index is 1.39. The first-order chi connectivity index (χ1) is 16.8. The van der Waals surface area contributed by atoms with Gasteiger partial charge in [-0.05, 0) is 56.3 Å². The highest BCUT2D eigenvalue weighted by atomic mass is 16.6. The second-order valence-corrected chi connectivity index (χ2v) is 7.97. The van der Waals surface area contributed by atoms with E-state index in [2.05, 4.69) is 5.32 Å². The summed E-state index contributed by atoms with van der Waals surface area (Å²) in [6.45, 7) is 2.94. The third-order valence-electron chi connectivity index (χ3n) is 5.56. The molecule has 178 valence electrons. The van der Waals surface area contributed by atoms with Gasteiger partial charge in [-0.25, -0.2) is 4.79 Å². The van der Waals surface area contributed by atoms with E-state index in [4.69, 9.17) is 14.2 Å². The van der Waals surface area contributed by atoms with E-state index in [1.807, 2.05) is 0 Å². The van der Waals surface area contributed by atoms with Gasteiger partial charge in [-0.3, -0.25) is 14.4 Å². The van der Waals surface area contributed by atoms with Gasteiger partial charge in [-0.2, -0.15) is 0 Å². The minimum atomic E-state index is -1.13. The van der Waals surface area contributed by atoms with E-state index in [0.29, 0.717) is 28.3 Å². The SMILES string of the molecule is COc1ccc(OC(C)C(=O)OC(C)C(=O)Nc2ccc3c(c2)C(=O)c2ccccc2C3=O)cc1. The van der Waals surface area contributed by atoms with Gasteiger partial charge in [0.15, 0.2) is 23.8 Å². The number of carbonyl (C=O) groups is 4. The molecule has 1 amide bonds. The maximum absolute atomic E-state index is 12.9. The third-order valence-corrected chi connectivity index (χ3v) is 5.56. The first-order valence-electron chi connectivity index (χ1n) is 10.9. The lowest BCUT2D eigenvalue weighted by atomic mass is 9.84. The Hall–Kier alpha value is -4.46. The summed E-state index contributed by atoms with van der Waals surface area (Å²) in [4.78, 5) is 50.6. The molecular formula is C27H23NO7. The number of hydrogen-bond donors (Lipinski definition) is 1. The lowest BCUT2D eigenvalue weighted by Crippen LogP contribution is -2.35. The topological polar surface area (TPSA) is 108 Å². The van der Waals surface area contributed by atoms with Crippen LogP contribution in [0.5, 0.6) is 11.5 Å². The number of fused-ring (bicyclic) bond motifs is 2. The van der Waals surface area contributed by atoms with Crippen LogP contribution in [0, 0.1) is 0 Å². The number of amides is 1. The maximum Gasteiger partial charge on any atom is 0.347 e. The van der Waals surface area contributed by atoms with Gasteiger partial charge in [0, 0.05) is 27.9 Å². The summed E-state index contributed by atoms with van der Waals surface area (Å²) in [6.07, 6.45) is -2.08. The molecule has 2 unspecified atom stereocenters. The second-order valence-electron chi connectivity index (χ2n) is 7.97. The van der Waals surface area contributed by atoms with Gasteiger partial charge in [0.1, 0.15) is 11.5 Å². The van der Waals surface area contributed by atoms with Crippen LogP contribution in [-0.2, 0) is 14.3 Å². The van der Waals surface area contributed by atoms with Crippen LogP contribution < -0.4 is 14.8 Å². The molecule has 0 bridgehead atoms. The van der Waals surface area contributed by atoms with Gasteiger partial charge in [-0.15, -0.1) is 0 Å². The van der Waals surface area contributed by atoms with Crippen LogP contribution in [0.2, 0.25) is 0 Å². The number of ketones is 2. The van der Waals surface area contributed by atoms with E-state index in [1.54, 1.807) is 55.6 Å². The fraction of sp³-hybridized carbons (Fsp3) is 0.185. The predicted molar refractivity (Wildman–Crippen MR) is 127 cm³/mol. The van der Waals surface area contributed by atoms with Gasteiger partial charge in [0.05, 0.1) is 7.11 Å². The Bertz CT molecular complexity index is 1310. The van der Waals surface area contributed by atoms with Crippen LogP contribution >= 0.6 is 0 Å². The van der Waals surface area contributed by atoms with Gasteiger partial charge in [0.25, 0.3) is 5.91 Å². The maximum atomic E-state index is 12.9. The molecule has 1 aliphatic rings. The molecule has 0 aliphatic heterocycles. The molecule has 1 aliphatic carbocycles. The number of benzene rings is 3. The zero-order valence-corrected chi connectivity index (χ0v) is 19.4. The molecule has 0 heterocycles. The van der Waals surface area contributed by atoms with Crippen molar-refractivity contribution in [1.82, 2.24) is 0 Å². The van der Waals surface area contributed by atoms with Crippen molar-refractivity contribution in [2.45, 2.75) is 26.1 Å². The summed E-state index contributed by atoms with van der Waals surface area (Å²) in [7, 11) is 1.54. The van der Waals surface area contributed by atoms with Gasteiger partial charge >= 0.3 is 5.97 Å². The monoisotopic (exact) mass is 473 g/mol. The standard InChI is InChI=1S/C27H23NO7/c1-15(35-27(32)16(2)34-19-11-9-18(33-3)10-12-19)26(31)28-17-8-13-22-23(14-17)25(30)21-7-5-4-6-20(21)24(22)29/h4-16H,1-3H3,(H,28,31). The molecule has 0 saturated carbocycles. The molecule has 4 rings (SSSR count). The fourth-order valence-corrected chi connectivity index (χ4v) is 3.65. The smallest absolute Gasteiger partial charge is 0.347 e. The minimum absolute atomic E-state index is 0.206. The van der Waals surface area contributed by atoms with Crippen LogP contribution in [0.1, 0.15) is 45.7 Å². The summed E-state index contributed by atoms with van der Waals surface area (Å²) in [5, 5.41) is 2.62. The number of rotatable bonds is 7. The van der Waals surface area contributed by atoms with Crippen molar-refractivity contribution in [3.63, 3.8) is 0 Å². The molecule has 3 aromatic rings. The summed E-state index contributed by atoms with van der Waals surface area (Å²) >= 11 is 0. The largest absolute Gasteiger partial charge is 0.497 e. The van der Waals surface area contributed by atoms with E-state index in [-0.39, 0.29) is 22.7 Å². The van der Waals surface area contributed by atoms with Gasteiger partial charge < -0.3 is 19.5 Å². The zero-order chi connectivity index (χ0) is 25.1. The van der Waals surface area contributed by atoms with Crippen LogP contribution in [0.25, 0.3) is 0 Å². The molecule has 2 atom stereocenters. The van der Waals surface area contributed by atoms with Crippen molar-refractivity contribution < 1.29 is 33.4 Å². The Morgan fingerprint density at radius 3 is 1.94 bits per heavy atom. The van der Waals surface area contributed by atoms with Crippen molar-refractivity contribution in [3.05, 3.63) is 89.0 Å². The molecule has 0 spiro atoms. The van der Waals surface area contributed by atoms with E-state index in [9.17, 15) is 19.2 Å². The Morgan fingerprint density at radius 2 is 1.31 bits per heavy atom. The van der Waals surface area contributed by atoms with Crippen LogP contribution in [0.3, 0.4) is 0 Å². The number of esters is 1. The molecule has 8 heteroatoms. The Kier molecular flexibility index (Phi) is 6.64. The number of anilines is 1. The van der Waals surface area contributed by atoms with Gasteiger partial charge in [0.2, 0.25) is 0 Å². The van der Waals surface area contributed by atoms with Crippen LogP contribution in [-0.4, -0.2) is 42.8 Å². The average molecular weight is 473 g/mol. The molecule has 3 aromatic carbocycles.